The highest BCUT2D eigenvalue weighted by molar-refractivity contribution is 6.35. The zero-order valence-electron chi connectivity index (χ0n) is 14.9. The van der Waals surface area contributed by atoms with E-state index in [1.807, 2.05) is 62.4 Å². The smallest absolute Gasteiger partial charge is 0.329 e. The van der Waals surface area contributed by atoms with Gasteiger partial charge in [-0.05, 0) is 36.6 Å². The summed E-state index contributed by atoms with van der Waals surface area (Å²) in [5.74, 6) is -0.798. The lowest BCUT2D eigenvalue weighted by atomic mass is 10.2. The van der Waals surface area contributed by atoms with E-state index in [1.54, 1.807) is 6.07 Å². The average molecular weight is 353 g/mol. The summed E-state index contributed by atoms with van der Waals surface area (Å²) < 4.78 is 5.74. The molecule has 2 rings (SSSR count). The molecule has 2 aromatic rings. The van der Waals surface area contributed by atoms with E-state index in [4.69, 9.17) is 4.74 Å². The first-order valence-corrected chi connectivity index (χ1v) is 8.49. The maximum atomic E-state index is 11.6. The Morgan fingerprint density at radius 1 is 1.12 bits per heavy atom. The number of carbonyl (C=O) groups is 2. The molecule has 2 N–H and O–H groups in total. The van der Waals surface area contributed by atoms with E-state index in [0.29, 0.717) is 12.4 Å². The summed E-state index contributed by atoms with van der Waals surface area (Å²) >= 11 is 0. The lowest BCUT2D eigenvalue weighted by molar-refractivity contribution is -0.139. The molecule has 136 valence electrons. The number of ether oxygens (including phenoxy) is 1. The molecular weight excluding hydrogens is 330 g/mol. The van der Waals surface area contributed by atoms with Gasteiger partial charge in [-0.3, -0.25) is 9.59 Å². The summed E-state index contributed by atoms with van der Waals surface area (Å²) in [4.78, 5) is 23.3. The molecule has 0 aliphatic heterocycles. The topological polar surface area (TPSA) is 79.8 Å². The van der Waals surface area contributed by atoms with Gasteiger partial charge >= 0.3 is 11.8 Å². The largest absolute Gasteiger partial charge is 0.489 e. The maximum Gasteiger partial charge on any atom is 0.329 e. The Bertz CT molecular complexity index is 760. The van der Waals surface area contributed by atoms with Gasteiger partial charge in [-0.1, -0.05) is 49.4 Å². The van der Waals surface area contributed by atoms with Gasteiger partial charge in [-0.25, -0.2) is 5.43 Å². The highest BCUT2D eigenvalue weighted by Crippen LogP contribution is 2.14. The van der Waals surface area contributed by atoms with Crippen LogP contribution in [0, 0.1) is 0 Å². The van der Waals surface area contributed by atoms with Crippen LogP contribution in [-0.4, -0.2) is 24.1 Å². The predicted octanol–water partition coefficient (Wildman–Crippen LogP) is 2.63. The number of nitrogens with one attached hydrogen (secondary N) is 2. The van der Waals surface area contributed by atoms with Gasteiger partial charge in [-0.2, -0.15) is 5.10 Å². The SMILES string of the molecule is CC[C@@H](C)NC(=O)C(=O)N/N=C\c1cccc(OCc2ccccc2)c1. The first-order valence-electron chi connectivity index (χ1n) is 8.49. The predicted molar refractivity (Wildman–Crippen MR) is 101 cm³/mol. The normalized spacial score (nSPS) is 11.8. The Morgan fingerprint density at radius 2 is 1.88 bits per heavy atom. The number of hydrogen-bond donors (Lipinski definition) is 2. The quantitative estimate of drug-likeness (QED) is 0.456. The van der Waals surface area contributed by atoms with Crippen molar-refractivity contribution >= 4 is 18.0 Å². The third-order valence-electron chi connectivity index (χ3n) is 3.68. The zero-order valence-corrected chi connectivity index (χ0v) is 14.9. The molecule has 0 saturated carbocycles. The van der Waals surface area contributed by atoms with Crippen molar-refractivity contribution in [2.45, 2.75) is 32.9 Å². The number of benzene rings is 2. The number of rotatable bonds is 7. The van der Waals surface area contributed by atoms with E-state index in [0.717, 1.165) is 17.5 Å². The molecule has 0 heterocycles. The van der Waals surface area contributed by atoms with Crippen LogP contribution < -0.4 is 15.5 Å². The fourth-order valence-electron chi connectivity index (χ4n) is 2.03. The summed E-state index contributed by atoms with van der Waals surface area (Å²) in [5, 5.41) is 6.39. The van der Waals surface area contributed by atoms with E-state index in [1.165, 1.54) is 6.21 Å². The molecule has 6 nitrogen and oxygen atoms in total. The van der Waals surface area contributed by atoms with Crippen LogP contribution in [-0.2, 0) is 16.2 Å². The molecule has 0 aromatic heterocycles. The molecule has 0 spiro atoms. The lowest BCUT2D eigenvalue weighted by Crippen LogP contribution is -2.41. The van der Waals surface area contributed by atoms with Crippen molar-refractivity contribution in [3.05, 3.63) is 65.7 Å². The second-order valence-corrected chi connectivity index (χ2v) is 5.83. The average Bonchev–Trinajstić information content (AvgIpc) is 2.67. The standard InChI is InChI=1S/C20H23N3O3/c1-3-15(2)22-19(24)20(25)23-21-13-17-10-7-11-18(12-17)26-14-16-8-5-4-6-9-16/h4-13,15H,3,14H2,1-2H3,(H,22,24)(H,23,25)/b21-13-/t15-/m1/s1. The van der Waals surface area contributed by atoms with E-state index in [2.05, 4.69) is 15.8 Å². The van der Waals surface area contributed by atoms with Crippen LogP contribution in [0.25, 0.3) is 0 Å². The van der Waals surface area contributed by atoms with Gasteiger partial charge < -0.3 is 10.1 Å². The van der Waals surface area contributed by atoms with Crippen molar-refractivity contribution in [2.24, 2.45) is 5.10 Å². The number of amides is 2. The van der Waals surface area contributed by atoms with E-state index in [9.17, 15) is 9.59 Å². The van der Waals surface area contributed by atoms with Crippen molar-refractivity contribution in [1.29, 1.82) is 0 Å². The highest BCUT2D eigenvalue weighted by atomic mass is 16.5. The Kier molecular flexibility index (Phi) is 7.36. The van der Waals surface area contributed by atoms with Crippen LogP contribution in [0.2, 0.25) is 0 Å². The Labute approximate surface area is 153 Å². The molecule has 0 aliphatic rings. The first-order chi connectivity index (χ1) is 12.6. The monoisotopic (exact) mass is 353 g/mol. The molecule has 0 saturated heterocycles. The van der Waals surface area contributed by atoms with Crippen molar-refractivity contribution in [1.82, 2.24) is 10.7 Å². The fourth-order valence-corrected chi connectivity index (χ4v) is 2.03. The molecule has 2 amide bonds. The number of hydrazone groups is 1. The van der Waals surface area contributed by atoms with E-state index in [-0.39, 0.29) is 6.04 Å². The van der Waals surface area contributed by atoms with Crippen LogP contribution in [0.5, 0.6) is 5.75 Å². The Hall–Kier alpha value is -3.15. The second kappa shape index (κ2) is 9.98. The van der Waals surface area contributed by atoms with E-state index >= 15 is 0 Å². The molecule has 2 aromatic carbocycles. The number of nitrogens with zero attached hydrogens (tertiary/aromatic N) is 1. The van der Waals surface area contributed by atoms with Crippen molar-refractivity contribution in [2.75, 3.05) is 0 Å². The summed E-state index contributed by atoms with van der Waals surface area (Å²) in [5.41, 5.74) is 4.04. The van der Waals surface area contributed by atoms with Gasteiger partial charge in [0.2, 0.25) is 0 Å². The minimum atomic E-state index is -0.793. The van der Waals surface area contributed by atoms with Gasteiger partial charge in [0.1, 0.15) is 12.4 Å². The first kappa shape index (κ1) is 19.2. The second-order valence-electron chi connectivity index (χ2n) is 5.83. The summed E-state index contributed by atoms with van der Waals surface area (Å²) in [7, 11) is 0. The Morgan fingerprint density at radius 3 is 2.62 bits per heavy atom. The van der Waals surface area contributed by atoms with Gasteiger partial charge in [-0.15, -0.1) is 0 Å². The van der Waals surface area contributed by atoms with Crippen LogP contribution in [0.3, 0.4) is 0 Å². The molecule has 6 heteroatoms. The number of hydrogen-bond acceptors (Lipinski definition) is 4. The van der Waals surface area contributed by atoms with Crippen molar-refractivity contribution in [3.63, 3.8) is 0 Å². The van der Waals surface area contributed by atoms with Crippen LogP contribution in [0.1, 0.15) is 31.4 Å². The molecular formula is C20H23N3O3. The number of carbonyl (C=O) groups excluding carboxylic acids is 2. The van der Waals surface area contributed by atoms with Gasteiger partial charge in [0, 0.05) is 6.04 Å². The minimum Gasteiger partial charge on any atom is -0.489 e. The Balaban J connectivity index is 1.86. The maximum absolute atomic E-state index is 11.6. The van der Waals surface area contributed by atoms with Crippen LogP contribution in [0.15, 0.2) is 59.7 Å². The third-order valence-corrected chi connectivity index (χ3v) is 3.68. The van der Waals surface area contributed by atoms with Gasteiger partial charge in [0.15, 0.2) is 0 Å². The van der Waals surface area contributed by atoms with Gasteiger partial charge in [0.25, 0.3) is 0 Å². The van der Waals surface area contributed by atoms with E-state index < -0.39 is 11.8 Å². The van der Waals surface area contributed by atoms with Crippen LogP contribution >= 0.6 is 0 Å². The molecule has 0 fully saturated rings. The summed E-state index contributed by atoms with van der Waals surface area (Å²) in [6, 6.07) is 17.1. The summed E-state index contributed by atoms with van der Waals surface area (Å²) in [6.07, 6.45) is 2.21. The van der Waals surface area contributed by atoms with Crippen molar-refractivity contribution in [3.8, 4) is 5.75 Å². The summed E-state index contributed by atoms with van der Waals surface area (Å²) in [6.45, 7) is 4.22. The highest BCUT2D eigenvalue weighted by Gasteiger charge is 2.14. The molecule has 1 atom stereocenters. The molecule has 0 radical (unpaired) electrons. The molecule has 26 heavy (non-hydrogen) atoms. The molecule has 0 unspecified atom stereocenters. The van der Waals surface area contributed by atoms with Crippen molar-refractivity contribution < 1.29 is 14.3 Å². The zero-order chi connectivity index (χ0) is 18.8. The molecule has 0 bridgehead atoms. The third kappa shape index (κ3) is 6.39. The lowest BCUT2D eigenvalue weighted by Gasteiger charge is -2.09. The van der Waals surface area contributed by atoms with Crippen LogP contribution in [0.4, 0.5) is 0 Å². The minimum absolute atomic E-state index is 0.0596. The molecule has 0 aliphatic carbocycles. The van der Waals surface area contributed by atoms with Gasteiger partial charge in [0.05, 0.1) is 6.21 Å². The fraction of sp³-hybridized carbons (Fsp3) is 0.250.